The van der Waals surface area contributed by atoms with Crippen molar-refractivity contribution >= 4 is 23.2 Å². The van der Waals surface area contributed by atoms with Gasteiger partial charge in [-0.05, 0) is 41.0 Å². The van der Waals surface area contributed by atoms with Gasteiger partial charge in [-0.15, -0.1) is 0 Å². The molecule has 0 fully saturated rings. The maximum absolute atomic E-state index is 14.2. The predicted octanol–water partition coefficient (Wildman–Crippen LogP) is 7.27. The fourth-order valence-electron chi connectivity index (χ4n) is 3.46. The van der Waals surface area contributed by atoms with Crippen molar-refractivity contribution in [2.45, 2.75) is 6.61 Å². The van der Waals surface area contributed by atoms with E-state index in [-0.39, 0.29) is 22.6 Å². The first-order chi connectivity index (χ1) is 16.5. The van der Waals surface area contributed by atoms with E-state index in [1.165, 1.54) is 30.3 Å². The lowest BCUT2D eigenvalue weighted by atomic mass is 9.98. The van der Waals surface area contributed by atoms with Crippen molar-refractivity contribution in [2.75, 3.05) is 5.32 Å². The van der Waals surface area contributed by atoms with E-state index in [0.717, 1.165) is 11.1 Å². The number of carbonyl (C=O) groups is 1. The molecule has 0 saturated heterocycles. The Labute approximate surface area is 195 Å². The molecule has 0 saturated carbocycles. The summed E-state index contributed by atoms with van der Waals surface area (Å²) in [6.45, 7) is -3.02. The van der Waals surface area contributed by atoms with Gasteiger partial charge in [-0.1, -0.05) is 84.9 Å². The zero-order valence-corrected chi connectivity index (χ0v) is 17.9. The van der Waals surface area contributed by atoms with Crippen LogP contribution in [0.4, 0.5) is 18.9 Å². The highest BCUT2D eigenvalue weighted by Gasteiger charge is 2.17. The molecule has 0 aliphatic rings. The number of ether oxygens (including phenoxy) is 1. The SMILES string of the molecule is O=C(Nc1ccccc1F)/C(=C/c1ccccc1OC(F)F)c1ccc(-c2ccccc2)cc1. The largest absolute Gasteiger partial charge is 0.434 e. The van der Waals surface area contributed by atoms with Gasteiger partial charge in [-0.2, -0.15) is 8.78 Å². The Morgan fingerprint density at radius 2 is 1.38 bits per heavy atom. The van der Waals surface area contributed by atoms with Gasteiger partial charge in [0.25, 0.3) is 5.91 Å². The van der Waals surface area contributed by atoms with E-state index in [4.69, 9.17) is 0 Å². The molecule has 1 N–H and O–H groups in total. The smallest absolute Gasteiger partial charge is 0.387 e. The van der Waals surface area contributed by atoms with Gasteiger partial charge in [0.1, 0.15) is 11.6 Å². The van der Waals surface area contributed by atoms with Gasteiger partial charge in [0.2, 0.25) is 0 Å². The molecule has 170 valence electrons. The summed E-state index contributed by atoms with van der Waals surface area (Å²) >= 11 is 0. The number of alkyl halides is 2. The van der Waals surface area contributed by atoms with Crippen LogP contribution in [0.1, 0.15) is 11.1 Å². The second-order valence-corrected chi connectivity index (χ2v) is 7.35. The van der Waals surface area contributed by atoms with E-state index in [1.807, 2.05) is 42.5 Å². The Morgan fingerprint density at radius 3 is 2.09 bits per heavy atom. The first kappa shape index (κ1) is 22.9. The fraction of sp³-hybridized carbons (Fsp3) is 0.0357. The van der Waals surface area contributed by atoms with E-state index in [0.29, 0.717) is 5.56 Å². The number of para-hydroxylation sites is 2. The lowest BCUT2D eigenvalue weighted by molar-refractivity contribution is -0.111. The Kier molecular flexibility index (Phi) is 7.08. The molecule has 0 bridgehead atoms. The van der Waals surface area contributed by atoms with Crippen molar-refractivity contribution < 1.29 is 22.7 Å². The van der Waals surface area contributed by atoms with E-state index >= 15 is 0 Å². The van der Waals surface area contributed by atoms with Crippen LogP contribution in [0, 0.1) is 5.82 Å². The third kappa shape index (κ3) is 5.53. The van der Waals surface area contributed by atoms with Crippen LogP contribution in [0.5, 0.6) is 5.75 Å². The highest BCUT2D eigenvalue weighted by atomic mass is 19.3. The molecule has 0 radical (unpaired) electrons. The normalized spacial score (nSPS) is 11.4. The van der Waals surface area contributed by atoms with Crippen LogP contribution < -0.4 is 10.1 Å². The minimum atomic E-state index is -3.02. The van der Waals surface area contributed by atoms with Crippen LogP contribution >= 0.6 is 0 Å². The first-order valence-corrected chi connectivity index (χ1v) is 10.5. The molecule has 0 aliphatic carbocycles. The van der Waals surface area contributed by atoms with Gasteiger partial charge in [-0.3, -0.25) is 4.79 Å². The maximum atomic E-state index is 14.2. The van der Waals surface area contributed by atoms with Crippen LogP contribution in [0.15, 0.2) is 103 Å². The average molecular weight is 459 g/mol. The van der Waals surface area contributed by atoms with Gasteiger partial charge < -0.3 is 10.1 Å². The number of rotatable bonds is 7. The van der Waals surface area contributed by atoms with E-state index < -0.39 is 18.3 Å². The molecular weight excluding hydrogens is 439 g/mol. The Balaban J connectivity index is 1.75. The molecule has 0 aliphatic heterocycles. The molecule has 0 spiro atoms. The summed E-state index contributed by atoms with van der Waals surface area (Å²) in [4.78, 5) is 13.2. The second-order valence-electron chi connectivity index (χ2n) is 7.35. The quantitative estimate of drug-likeness (QED) is 0.233. The lowest BCUT2D eigenvalue weighted by Crippen LogP contribution is -2.15. The monoisotopic (exact) mass is 459 g/mol. The molecule has 4 aromatic carbocycles. The number of carbonyl (C=O) groups excluding carboxylic acids is 1. The second kappa shape index (κ2) is 10.5. The zero-order chi connectivity index (χ0) is 23.9. The van der Waals surface area contributed by atoms with Crippen molar-refractivity contribution in [1.82, 2.24) is 0 Å². The fourth-order valence-corrected chi connectivity index (χ4v) is 3.46. The van der Waals surface area contributed by atoms with Gasteiger partial charge >= 0.3 is 6.61 Å². The number of hydrogen-bond donors (Lipinski definition) is 1. The minimum absolute atomic E-state index is 0.0106. The molecule has 1 amide bonds. The molecule has 4 rings (SSSR count). The third-order valence-corrected chi connectivity index (χ3v) is 5.10. The molecule has 0 atom stereocenters. The lowest BCUT2D eigenvalue weighted by Gasteiger charge is -2.13. The van der Waals surface area contributed by atoms with Crippen LogP contribution in [-0.4, -0.2) is 12.5 Å². The summed E-state index contributed by atoms with van der Waals surface area (Å²) in [7, 11) is 0. The third-order valence-electron chi connectivity index (χ3n) is 5.10. The number of benzene rings is 4. The number of halogens is 3. The number of anilines is 1. The van der Waals surface area contributed by atoms with Crippen molar-refractivity contribution in [3.63, 3.8) is 0 Å². The van der Waals surface area contributed by atoms with E-state index in [9.17, 15) is 18.0 Å². The highest BCUT2D eigenvalue weighted by molar-refractivity contribution is 6.29. The van der Waals surface area contributed by atoms with Gasteiger partial charge in [-0.25, -0.2) is 4.39 Å². The topological polar surface area (TPSA) is 38.3 Å². The van der Waals surface area contributed by atoms with Crippen molar-refractivity contribution in [1.29, 1.82) is 0 Å². The summed E-state index contributed by atoms with van der Waals surface area (Å²) in [5.74, 6) is -1.25. The molecule has 0 unspecified atom stereocenters. The average Bonchev–Trinajstić information content (AvgIpc) is 2.85. The number of amides is 1. The van der Waals surface area contributed by atoms with Crippen LogP contribution in [0.25, 0.3) is 22.8 Å². The van der Waals surface area contributed by atoms with Crippen molar-refractivity contribution in [3.8, 4) is 16.9 Å². The molecular formula is C28H20F3NO2. The summed E-state index contributed by atoms with van der Waals surface area (Å²) in [5.41, 5.74) is 2.93. The summed E-state index contributed by atoms with van der Waals surface area (Å²) in [5, 5.41) is 2.56. The summed E-state index contributed by atoms with van der Waals surface area (Å²) < 4.78 is 44.5. The molecule has 3 nitrogen and oxygen atoms in total. The zero-order valence-electron chi connectivity index (χ0n) is 17.9. The van der Waals surface area contributed by atoms with Crippen molar-refractivity contribution in [2.24, 2.45) is 0 Å². The van der Waals surface area contributed by atoms with Crippen LogP contribution in [-0.2, 0) is 4.79 Å². The summed E-state index contributed by atoms with van der Waals surface area (Å²) in [6, 6.07) is 28.9. The van der Waals surface area contributed by atoms with Crippen LogP contribution in [0.3, 0.4) is 0 Å². The first-order valence-electron chi connectivity index (χ1n) is 10.5. The van der Waals surface area contributed by atoms with Gasteiger partial charge in [0.05, 0.1) is 5.69 Å². The van der Waals surface area contributed by atoms with Gasteiger partial charge in [0, 0.05) is 11.1 Å². The number of nitrogens with one attached hydrogen (secondary N) is 1. The maximum Gasteiger partial charge on any atom is 0.387 e. The minimum Gasteiger partial charge on any atom is -0.434 e. The molecule has 34 heavy (non-hydrogen) atoms. The molecule has 0 aromatic heterocycles. The van der Waals surface area contributed by atoms with E-state index in [2.05, 4.69) is 10.1 Å². The Morgan fingerprint density at radius 1 is 0.765 bits per heavy atom. The Hall–Kier alpha value is -4.32. The van der Waals surface area contributed by atoms with Crippen molar-refractivity contribution in [3.05, 3.63) is 120 Å². The van der Waals surface area contributed by atoms with E-state index in [1.54, 1.807) is 36.4 Å². The van der Waals surface area contributed by atoms with Crippen LogP contribution in [0.2, 0.25) is 0 Å². The molecule has 0 heterocycles. The Bertz CT molecular complexity index is 1300. The standard InChI is InChI=1S/C28H20F3NO2/c29-24-11-5-6-12-25(24)32-27(33)23(18-22-10-4-7-13-26(22)34-28(30)31)21-16-14-20(15-17-21)19-8-2-1-3-9-19/h1-18,28H,(H,32,33)/b23-18+. The predicted molar refractivity (Wildman–Crippen MR) is 128 cm³/mol. The number of hydrogen-bond acceptors (Lipinski definition) is 2. The molecule has 6 heteroatoms. The highest BCUT2D eigenvalue weighted by Crippen LogP contribution is 2.29. The molecule has 4 aromatic rings. The van der Waals surface area contributed by atoms with Gasteiger partial charge in [0.15, 0.2) is 0 Å². The summed E-state index contributed by atoms with van der Waals surface area (Å²) in [6.07, 6.45) is 1.45.